The van der Waals surface area contributed by atoms with Crippen LogP contribution in [0.1, 0.15) is 11.7 Å². The van der Waals surface area contributed by atoms with E-state index in [0.29, 0.717) is 11.3 Å². The molecule has 0 fully saturated rings. The van der Waals surface area contributed by atoms with Crippen molar-refractivity contribution in [3.63, 3.8) is 0 Å². The van der Waals surface area contributed by atoms with Crippen molar-refractivity contribution < 1.29 is 24.9 Å². The summed E-state index contributed by atoms with van der Waals surface area (Å²) in [5.41, 5.74) is 0.499. The van der Waals surface area contributed by atoms with E-state index < -0.39 is 24.8 Å². The van der Waals surface area contributed by atoms with Gasteiger partial charge in [0.05, 0.1) is 19.8 Å². The molecular formula is C11H15NO5. The number of aliphatic hydroxyl groups is 2. The van der Waals surface area contributed by atoms with Crippen molar-refractivity contribution in [3.05, 3.63) is 29.8 Å². The molecule has 0 saturated heterocycles. The molecule has 1 aromatic carbocycles. The van der Waals surface area contributed by atoms with Gasteiger partial charge in [-0.15, -0.1) is 0 Å². The standard InChI is InChI=1S/C11H15NO5/c1-17-8-4-2-7(3-5-8)10(14)9(6-13)12-11(15)16/h2-5,9-10,12-14H,6H2,1H3,(H,15,16)/t9-,10+/m1/s1. The Bertz CT molecular complexity index is 365. The molecule has 6 heteroatoms. The first kappa shape index (κ1) is 13.3. The third kappa shape index (κ3) is 3.61. The average Bonchev–Trinajstić information content (AvgIpc) is 2.35. The highest BCUT2D eigenvalue weighted by Gasteiger charge is 2.21. The van der Waals surface area contributed by atoms with E-state index >= 15 is 0 Å². The molecule has 0 aromatic heterocycles. The third-order valence-corrected chi connectivity index (χ3v) is 2.34. The van der Waals surface area contributed by atoms with Crippen molar-refractivity contribution in [1.82, 2.24) is 5.32 Å². The summed E-state index contributed by atoms with van der Waals surface area (Å²) < 4.78 is 4.96. The Hall–Kier alpha value is -1.79. The van der Waals surface area contributed by atoms with Crippen LogP contribution >= 0.6 is 0 Å². The number of benzene rings is 1. The fourth-order valence-corrected chi connectivity index (χ4v) is 1.42. The zero-order valence-electron chi connectivity index (χ0n) is 9.33. The summed E-state index contributed by atoms with van der Waals surface area (Å²) in [5.74, 6) is 0.632. The molecule has 4 N–H and O–H groups in total. The predicted molar refractivity (Wildman–Crippen MR) is 60.0 cm³/mol. The first-order valence-corrected chi connectivity index (χ1v) is 5.00. The van der Waals surface area contributed by atoms with Crippen LogP contribution in [0.3, 0.4) is 0 Å². The normalized spacial score (nSPS) is 13.8. The van der Waals surface area contributed by atoms with Gasteiger partial charge in [-0.1, -0.05) is 12.1 Å². The molecule has 0 aliphatic rings. The van der Waals surface area contributed by atoms with E-state index in [1.54, 1.807) is 24.3 Å². The highest BCUT2D eigenvalue weighted by molar-refractivity contribution is 5.65. The van der Waals surface area contributed by atoms with Crippen molar-refractivity contribution in [2.24, 2.45) is 0 Å². The summed E-state index contributed by atoms with van der Waals surface area (Å²) in [5, 5.41) is 29.4. The van der Waals surface area contributed by atoms with Crippen LogP contribution in [0.4, 0.5) is 4.79 Å². The second-order valence-electron chi connectivity index (χ2n) is 3.46. The molecule has 0 spiro atoms. The van der Waals surface area contributed by atoms with Crippen LogP contribution in [0.2, 0.25) is 0 Å². The van der Waals surface area contributed by atoms with Gasteiger partial charge in [0, 0.05) is 0 Å². The van der Waals surface area contributed by atoms with E-state index in [1.807, 2.05) is 5.32 Å². The van der Waals surface area contributed by atoms with Gasteiger partial charge >= 0.3 is 6.09 Å². The van der Waals surface area contributed by atoms with E-state index in [4.69, 9.17) is 14.9 Å². The maximum atomic E-state index is 10.5. The van der Waals surface area contributed by atoms with Crippen LogP contribution < -0.4 is 10.1 Å². The Morgan fingerprint density at radius 1 is 1.41 bits per heavy atom. The number of rotatable bonds is 5. The molecule has 0 radical (unpaired) electrons. The number of hydrogen-bond acceptors (Lipinski definition) is 4. The van der Waals surface area contributed by atoms with E-state index in [2.05, 4.69) is 0 Å². The zero-order chi connectivity index (χ0) is 12.8. The number of hydrogen-bond donors (Lipinski definition) is 4. The predicted octanol–water partition coefficient (Wildman–Crippen LogP) is 0.357. The first-order valence-electron chi connectivity index (χ1n) is 5.00. The molecule has 0 saturated carbocycles. The van der Waals surface area contributed by atoms with Crippen molar-refractivity contribution in [2.45, 2.75) is 12.1 Å². The minimum atomic E-state index is -1.29. The molecule has 0 aliphatic carbocycles. The molecule has 94 valence electrons. The lowest BCUT2D eigenvalue weighted by Crippen LogP contribution is -2.41. The van der Waals surface area contributed by atoms with E-state index in [1.165, 1.54) is 7.11 Å². The van der Waals surface area contributed by atoms with Crippen LogP contribution in [0.25, 0.3) is 0 Å². The minimum Gasteiger partial charge on any atom is -0.497 e. The Balaban J connectivity index is 2.78. The maximum Gasteiger partial charge on any atom is 0.405 e. The number of ether oxygens (including phenoxy) is 1. The smallest absolute Gasteiger partial charge is 0.405 e. The van der Waals surface area contributed by atoms with Crippen LogP contribution in [-0.2, 0) is 0 Å². The second kappa shape index (κ2) is 6.07. The molecule has 0 unspecified atom stereocenters. The van der Waals surface area contributed by atoms with Gasteiger partial charge in [-0.3, -0.25) is 0 Å². The third-order valence-electron chi connectivity index (χ3n) is 2.34. The average molecular weight is 241 g/mol. The fraction of sp³-hybridized carbons (Fsp3) is 0.364. The molecule has 1 amide bonds. The SMILES string of the molecule is COc1ccc([C@H](O)[C@@H](CO)NC(=O)O)cc1. The molecule has 0 aliphatic heterocycles. The number of carboxylic acid groups (broad SMARTS) is 1. The molecule has 2 atom stereocenters. The Kier molecular flexibility index (Phi) is 4.74. The number of nitrogens with one attached hydrogen (secondary N) is 1. The second-order valence-corrected chi connectivity index (χ2v) is 3.46. The lowest BCUT2D eigenvalue weighted by atomic mass is 10.0. The largest absolute Gasteiger partial charge is 0.497 e. The van der Waals surface area contributed by atoms with Crippen LogP contribution in [0.15, 0.2) is 24.3 Å². The van der Waals surface area contributed by atoms with Gasteiger partial charge in [0.15, 0.2) is 0 Å². The van der Waals surface area contributed by atoms with Gasteiger partial charge < -0.3 is 25.4 Å². The Labute approximate surface area is 98.5 Å². The van der Waals surface area contributed by atoms with Crippen molar-refractivity contribution >= 4 is 6.09 Å². The molecule has 1 rings (SSSR count). The van der Waals surface area contributed by atoms with Gasteiger partial charge in [0.25, 0.3) is 0 Å². The van der Waals surface area contributed by atoms with Crippen molar-refractivity contribution in [2.75, 3.05) is 13.7 Å². The summed E-state index contributed by atoms with van der Waals surface area (Å²) in [6.07, 6.45) is -2.40. The molecule has 0 heterocycles. The first-order chi connectivity index (χ1) is 8.08. The quantitative estimate of drug-likeness (QED) is 0.596. The number of amides is 1. The van der Waals surface area contributed by atoms with Gasteiger partial charge in [-0.05, 0) is 17.7 Å². The van der Waals surface area contributed by atoms with Crippen LogP contribution in [0, 0.1) is 0 Å². The van der Waals surface area contributed by atoms with Gasteiger partial charge in [-0.25, -0.2) is 4.79 Å². The van der Waals surface area contributed by atoms with Gasteiger partial charge in [-0.2, -0.15) is 0 Å². The van der Waals surface area contributed by atoms with Crippen LogP contribution in [0.5, 0.6) is 5.75 Å². The molecule has 0 bridgehead atoms. The number of aliphatic hydroxyl groups excluding tert-OH is 2. The lowest BCUT2D eigenvalue weighted by Gasteiger charge is -2.21. The number of carbonyl (C=O) groups is 1. The topological polar surface area (TPSA) is 99.0 Å². The minimum absolute atomic E-state index is 0.487. The lowest BCUT2D eigenvalue weighted by molar-refractivity contribution is 0.0868. The van der Waals surface area contributed by atoms with E-state index in [0.717, 1.165) is 0 Å². The summed E-state index contributed by atoms with van der Waals surface area (Å²) in [6, 6.07) is 5.55. The zero-order valence-corrected chi connectivity index (χ0v) is 9.33. The van der Waals surface area contributed by atoms with Gasteiger partial charge in [0.2, 0.25) is 0 Å². The number of methoxy groups -OCH3 is 1. The highest BCUT2D eigenvalue weighted by Crippen LogP contribution is 2.20. The monoisotopic (exact) mass is 241 g/mol. The van der Waals surface area contributed by atoms with Crippen LogP contribution in [-0.4, -0.2) is 41.2 Å². The van der Waals surface area contributed by atoms with Gasteiger partial charge in [0.1, 0.15) is 11.9 Å². The maximum absolute atomic E-state index is 10.5. The molecule has 17 heavy (non-hydrogen) atoms. The summed E-state index contributed by atoms with van der Waals surface area (Å²) in [7, 11) is 1.52. The Morgan fingerprint density at radius 3 is 2.41 bits per heavy atom. The molecule has 6 nitrogen and oxygen atoms in total. The Morgan fingerprint density at radius 2 is 2.00 bits per heavy atom. The highest BCUT2D eigenvalue weighted by atomic mass is 16.5. The van der Waals surface area contributed by atoms with Crippen molar-refractivity contribution in [3.8, 4) is 5.75 Å². The van der Waals surface area contributed by atoms with E-state index in [-0.39, 0.29) is 0 Å². The molecular weight excluding hydrogens is 226 g/mol. The summed E-state index contributed by atoms with van der Waals surface area (Å²) in [4.78, 5) is 10.5. The fourth-order valence-electron chi connectivity index (χ4n) is 1.42. The van der Waals surface area contributed by atoms with Crippen molar-refractivity contribution in [1.29, 1.82) is 0 Å². The van der Waals surface area contributed by atoms with E-state index in [9.17, 15) is 9.90 Å². The summed E-state index contributed by atoms with van der Waals surface area (Å²) in [6.45, 7) is -0.487. The summed E-state index contributed by atoms with van der Waals surface area (Å²) >= 11 is 0. The molecule has 1 aromatic rings.